The molecule has 0 spiro atoms. The number of hydrogen-bond acceptors (Lipinski definition) is 7. The van der Waals surface area contributed by atoms with Crippen LogP contribution in [-0.2, 0) is 5.85 Å². The summed E-state index contributed by atoms with van der Waals surface area (Å²) in [5.41, 5.74) is 9.27. The minimum absolute atomic E-state index is 0.0944. The zero-order valence-corrected chi connectivity index (χ0v) is 8.73. The number of nitrogens with zero attached hydrogens (tertiary/aromatic N) is 5. The van der Waals surface area contributed by atoms with Crippen molar-refractivity contribution in [3.05, 3.63) is 22.5 Å². The first-order valence-electron chi connectivity index (χ1n) is 4.47. The first-order valence-corrected chi connectivity index (χ1v) is 4.47. The number of hydrogen-bond donors (Lipinski definition) is 3. The van der Waals surface area contributed by atoms with Crippen molar-refractivity contribution in [1.82, 2.24) is 24.4 Å². The van der Waals surface area contributed by atoms with Crippen molar-refractivity contribution < 1.29 is 9.90 Å². The highest BCUT2D eigenvalue weighted by molar-refractivity contribution is 5.96. The van der Waals surface area contributed by atoms with Crippen LogP contribution in [-0.4, -0.2) is 35.4 Å². The van der Waals surface area contributed by atoms with Crippen LogP contribution in [0.15, 0.2) is 11.1 Å². The number of fused-ring (bicyclic) bond motifs is 1. The van der Waals surface area contributed by atoms with E-state index in [-0.39, 0.29) is 11.3 Å². The van der Waals surface area contributed by atoms with Gasteiger partial charge in [0.15, 0.2) is 11.3 Å². The lowest BCUT2D eigenvalue weighted by atomic mass is 10.4. The molecule has 0 bridgehead atoms. The van der Waals surface area contributed by atoms with Gasteiger partial charge in [0.1, 0.15) is 6.33 Å². The second kappa shape index (κ2) is 3.33. The first kappa shape index (κ1) is 11.2. The highest BCUT2D eigenvalue weighted by Gasteiger charge is 2.23. The lowest BCUT2D eigenvalue weighted by Crippen LogP contribution is -2.49. The minimum Gasteiger partial charge on any atom is -0.364 e. The number of imidazole rings is 1. The quantitative estimate of drug-likeness (QED) is 0.470. The summed E-state index contributed by atoms with van der Waals surface area (Å²) in [6.07, 6.45) is 1.05. The normalized spacial score (nSPS) is 14.8. The zero-order chi connectivity index (χ0) is 12.8. The Hall–Kier alpha value is -2.33. The Kier molecular flexibility index (Phi) is 2.19. The number of carbonyl (C=O) groups is 1. The van der Waals surface area contributed by atoms with Gasteiger partial charge in [0, 0.05) is 6.92 Å². The topological polar surface area (TPSA) is 154 Å². The molecule has 1 amide bonds. The zero-order valence-electron chi connectivity index (χ0n) is 8.73. The maximum atomic E-state index is 11.8. The monoisotopic (exact) mass is 239 g/mol. The average molecular weight is 239 g/mol. The Morgan fingerprint density at radius 2 is 2.24 bits per heavy atom. The fraction of sp³-hybridized carbons (Fsp3) is 0.286. The average Bonchev–Trinajstić information content (AvgIpc) is 2.60. The van der Waals surface area contributed by atoms with Crippen molar-refractivity contribution in [2.75, 3.05) is 0 Å². The van der Waals surface area contributed by atoms with E-state index in [0.717, 1.165) is 17.7 Å². The highest BCUT2D eigenvalue weighted by Crippen LogP contribution is 2.02. The van der Waals surface area contributed by atoms with Crippen LogP contribution >= 0.6 is 0 Å². The Labute approximate surface area is 93.5 Å². The molecule has 10 nitrogen and oxygen atoms in total. The van der Waals surface area contributed by atoms with Gasteiger partial charge in [0.05, 0.1) is 0 Å². The highest BCUT2D eigenvalue weighted by atomic mass is 16.3. The summed E-state index contributed by atoms with van der Waals surface area (Å²) in [6.45, 7) is 1.15. The van der Waals surface area contributed by atoms with Gasteiger partial charge in [0.25, 0.3) is 5.91 Å². The molecule has 0 aromatic carbocycles. The lowest BCUT2D eigenvalue weighted by molar-refractivity contribution is -0.0324. The standard InChI is InChI=1S/C7H9N7O3/c1-7(9,17)14-6(16)13-2-10-3(4(8)15)5(13)11-12-14/h2,17H,9H2,1H3,(H2,8,15). The minimum atomic E-state index is -2.00. The molecular formula is C7H9N7O3. The van der Waals surface area contributed by atoms with Gasteiger partial charge >= 0.3 is 5.69 Å². The number of nitrogens with two attached hydrogens (primary N) is 2. The molecule has 0 aliphatic carbocycles. The van der Waals surface area contributed by atoms with Crippen LogP contribution < -0.4 is 17.2 Å². The van der Waals surface area contributed by atoms with Gasteiger partial charge in [-0.25, -0.2) is 14.2 Å². The van der Waals surface area contributed by atoms with Crippen LogP contribution in [0.4, 0.5) is 0 Å². The SMILES string of the molecule is CC(N)(O)n1nnc2c(C(N)=O)ncn2c1=O. The van der Waals surface area contributed by atoms with E-state index in [0.29, 0.717) is 4.68 Å². The van der Waals surface area contributed by atoms with E-state index in [4.69, 9.17) is 11.5 Å². The predicted molar refractivity (Wildman–Crippen MR) is 53.6 cm³/mol. The van der Waals surface area contributed by atoms with Gasteiger partial charge in [-0.2, -0.15) is 4.68 Å². The number of aliphatic hydroxyl groups is 1. The van der Waals surface area contributed by atoms with Crippen molar-refractivity contribution in [3.8, 4) is 0 Å². The molecule has 2 heterocycles. The van der Waals surface area contributed by atoms with Crippen LogP contribution in [0.3, 0.4) is 0 Å². The van der Waals surface area contributed by atoms with E-state index in [1.54, 1.807) is 0 Å². The Bertz CT molecular complexity index is 650. The lowest BCUT2D eigenvalue weighted by Gasteiger charge is -2.17. The van der Waals surface area contributed by atoms with Crippen LogP contribution in [0, 0.1) is 0 Å². The molecule has 0 fully saturated rings. The number of carbonyl (C=O) groups excluding carboxylic acids is 1. The van der Waals surface area contributed by atoms with E-state index in [2.05, 4.69) is 15.3 Å². The maximum absolute atomic E-state index is 11.8. The Balaban J connectivity index is 2.80. The smallest absolute Gasteiger partial charge is 0.356 e. The molecule has 0 aliphatic heterocycles. The van der Waals surface area contributed by atoms with Gasteiger partial charge in [-0.05, 0) is 0 Å². The third-order valence-electron chi connectivity index (χ3n) is 2.02. The van der Waals surface area contributed by atoms with E-state index < -0.39 is 17.4 Å². The fourth-order valence-electron chi connectivity index (χ4n) is 1.26. The largest absolute Gasteiger partial charge is 0.364 e. The Morgan fingerprint density at radius 1 is 1.59 bits per heavy atom. The van der Waals surface area contributed by atoms with Gasteiger partial charge in [-0.15, -0.1) is 5.10 Å². The number of amides is 1. The maximum Gasteiger partial charge on any atom is 0.356 e. The third kappa shape index (κ3) is 1.64. The molecule has 1 atom stereocenters. The first-order chi connectivity index (χ1) is 7.82. The number of aromatic nitrogens is 5. The summed E-state index contributed by atoms with van der Waals surface area (Å²) in [7, 11) is 0. The summed E-state index contributed by atoms with van der Waals surface area (Å²) >= 11 is 0. The van der Waals surface area contributed by atoms with Crippen LogP contribution in [0.5, 0.6) is 0 Å². The molecule has 2 aromatic heterocycles. The van der Waals surface area contributed by atoms with Gasteiger partial charge in [-0.1, -0.05) is 5.21 Å². The van der Waals surface area contributed by atoms with Crippen LogP contribution in [0.25, 0.3) is 5.65 Å². The molecule has 90 valence electrons. The molecule has 2 aromatic rings. The summed E-state index contributed by atoms with van der Waals surface area (Å²) in [6, 6.07) is 0. The molecule has 10 heteroatoms. The molecular weight excluding hydrogens is 230 g/mol. The molecule has 0 radical (unpaired) electrons. The van der Waals surface area contributed by atoms with Crippen molar-refractivity contribution in [2.24, 2.45) is 11.5 Å². The third-order valence-corrected chi connectivity index (χ3v) is 2.02. The molecule has 0 saturated carbocycles. The van der Waals surface area contributed by atoms with E-state index in [1.165, 1.54) is 0 Å². The molecule has 2 rings (SSSR count). The predicted octanol–water partition coefficient (Wildman–Crippen LogP) is -3.03. The summed E-state index contributed by atoms with van der Waals surface area (Å²) in [4.78, 5) is 26.4. The molecule has 0 saturated heterocycles. The Morgan fingerprint density at radius 3 is 2.76 bits per heavy atom. The molecule has 1 unspecified atom stereocenters. The van der Waals surface area contributed by atoms with Crippen molar-refractivity contribution in [2.45, 2.75) is 12.8 Å². The summed E-state index contributed by atoms with van der Waals surface area (Å²) in [5.74, 6) is -2.84. The fourth-order valence-corrected chi connectivity index (χ4v) is 1.26. The molecule has 5 N–H and O–H groups in total. The molecule has 17 heavy (non-hydrogen) atoms. The van der Waals surface area contributed by atoms with Gasteiger partial charge in [-0.3, -0.25) is 10.5 Å². The van der Waals surface area contributed by atoms with Crippen molar-refractivity contribution >= 4 is 11.6 Å². The van der Waals surface area contributed by atoms with E-state index in [9.17, 15) is 14.7 Å². The van der Waals surface area contributed by atoms with E-state index >= 15 is 0 Å². The van der Waals surface area contributed by atoms with E-state index in [1.807, 2.05) is 0 Å². The van der Waals surface area contributed by atoms with Crippen molar-refractivity contribution in [3.63, 3.8) is 0 Å². The van der Waals surface area contributed by atoms with Gasteiger partial charge in [0.2, 0.25) is 5.85 Å². The van der Waals surface area contributed by atoms with Crippen LogP contribution in [0.1, 0.15) is 17.4 Å². The van der Waals surface area contributed by atoms with Crippen LogP contribution in [0.2, 0.25) is 0 Å². The summed E-state index contributed by atoms with van der Waals surface area (Å²) < 4.78 is 1.46. The van der Waals surface area contributed by atoms with Crippen molar-refractivity contribution in [1.29, 1.82) is 0 Å². The molecule has 0 aliphatic rings. The second-order valence-electron chi connectivity index (χ2n) is 3.53. The van der Waals surface area contributed by atoms with Gasteiger partial charge < -0.3 is 10.8 Å². The number of rotatable bonds is 2. The summed E-state index contributed by atoms with van der Waals surface area (Å²) in [5, 5.41) is 16.4. The number of primary amides is 1. The second-order valence-corrected chi connectivity index (χ2v) is 3.53.